The fourth-order valence-corrected chi connectivity index (χ4v) is 8.47. The van der Waals surface area contributed by atoms with Gasteiger partial charge in [-0.05, 0) is 84.4 Å². The molecule has 1 fully saturated rings. The molecule has 3 rings (SSSR count). The van der Waals surface area contributed by atoms with E-state index >= 15 is 0 Å². The molecule has 1 aliphatic heterocycles. The molecule has 1 saturated heterocycles. The van der Waals surface area contributed by atoms with E-state index in [4.69, 9.17) is 0 Å². The first-order valence-corrected chi connectivity index (χ1v) is 23.7. The number of phenolic OH excluding ortho intramolecular Hbond substituents is 1. The third kappa shape index (κ3) is 22.5. The Morgan fingerprint density at radius 1 is 0.638 bits per heavy atom. The average Bonchev–Trinajstić information content (AvgIpc) is 3.26. The first kappa shape index (κ1) is 57.6. The summed E-state index contributed by atoms with van der Waals surface area (Å²) in [6, 6.07) is 9.45. The SMILES string of the molecule is CC(=O)NCCCC[C@@H](NC(=O)[C@H](CC(=O)[C@@H](Cc1ccc(O)c(I)c1)NC(=O)CC[C@@H](C(=O)O)N1CCN(CC(=O)O)CCN(CC(=O)O)CCN(CC(=O)O)CC1)Cc1ccccc1)C(=O)O. The number of hydrogen-bond donors (Lipinski definition) is 9. The minimum Gasteiger partial charge on any atom is -0.507 e. The smallest absolute Gasteiger partial charge is 0.326 e. The van der Waals surface area contributed by atoms with Crippen molar-refractivity contribution in [1.82, 2.24) is 35.6 Å². The number of carboxylic acid groups (broad SMARTS) is 5. The maximum atomic E-state index is 14.4. The van der Waals surface area contributed by atoms with Crippen LogP contribution in [0, 0.1) is 9.49 Å². The van der Waals surface area contributed by atoms with Gasteiger partial charge in [-0.1, -0.05) is 36.4 Å². The monoisotopic (exact) mass is 1080 g/mol. The number of Topliss-reactive ketones (excluding diaryl/α,β-unsaturated/α-hetero) is 1. The van der Waals surface area contributed by atoms with Crippen LogP contribution in [-0.4, -0.2) is 200 Å². The zero-order valence-electron chi connectivity index (χ0n) is 38.6. The summed E-state index contributed by atoms with van der Waals surface area (Å²) in [6.45, 7) is 0.987. The molecule has 9 N–H and O–H groups in total. The Labute approximate surface area is 413 Å². The fraction of sp³-hybridized carbons (Fsp3) is 0.543. The van der Waals surface area contributed by atoms with Gasteiger partial charge in [-0.2, -0.15) is 0 Å². The van der Waals surface area contributed by atoms with E-state index in [-0.39, 0.29) is 96.2 Å². The number of hydrogen-bond acceptors (Lipinski definition) is 14. The van der Waals surface area contributed by atoms with Gasteiger partial charge in [0.1, 0.15) is 17.8 Å². The molecule has 2 aromatic rings. The highest BCUT2D eigenvalue weighted by Crippen LogP contribution is 2.23. The highest BCUT2D eigenvalue weighted by atomic mass is 127. The predicted molar refractivity (Wildman–Crippen MR) is 256 cm³/mol. The van der Waals surface area contributed by atoms with Crippen LogP contribution in [0.25, 0.3) is 0 Å². The molecule has 0 aromatic heterocycles. The maximum Gasteiger partial charge on any atom is 0.326 e. The first-order chi connectivity index (χ1) is 32.7. The van der Waals surface area contributed by atoms with Crippen molar-refractivity contribution >= 4 is 75.9 Å². The molecule has 0 unspecified atom stereocenters. The lowest BCUT2D eigenvalue weighted by Gasteiger charge is -2.35. The number of aliphatic carboxylic acids is 5. The Morgan fingerprint density at radius 3 is 1.68 bits per heavy atom. The van der Waals surface area contributed by atoms with E-state index in [1.165, 1.54) is 27.7 Å². The van der Waals surface area contributed by atoms with Gasteiger partial charge in [-0.3, -0.25) is 58.0 Å². The van der Waals surface area contributed by atoms with Crippen molar-refractivity contribution in [3.8, 4) is 5.75 Å². The summed E-state index contributed by atoms with van der Waals surface area (Å²) in [4.78, 5) is 120. The van der Waals surface area contributed by atoms with Crippen molar-refractivity contribution < 1.29 is 73.8 Å². The van der Waals surface area contributed by atoms with Crippen LogP contribution in [0.4, 0.5) is 0 Å². The highest BCUT2D eigenvalue weighted by Gasteiger charge is 2.33. The standard InChI is InChI=1S/C46H64IN7O15/c1-30(55)48-14-6-5-9-35(45(66)67)50-44(65)33(23-31-7-3-2-4-8-31)26-39(57)36(25-32-10-12-38(56)34(47)24-32)49-40(58)13-11-37(46(68)69)54-21-19-52(28-42(61)62)17-15-51(27-41(59)60)16-18-53(20-22-54)29-43(63)64/h2-4,7-8,10,12,24,33,35-37,56H,5-6,9,11,13-23,25-29H2,1H3,(H,48,55)(H,49,58)(H,50,65)(H,59,60)(H,61,62)(H,63,64)(H,66,67)(H,68,69)/t33-,35+,36+,37-/m0/s1. The number of benzene rings is 2. The number of aromatic hydroxyl groups is 1. The first-order valence-electron chi connectivity index (χ1n) is 22.6. The van der Waals surface area contributed by atoms with Crippen molar-refractivity contribution in [2.24, 2.45) is 5.92 Å². The van der Waals surface area contributed by atoms with Crippen molar-refractivity contribution in [2.75, 3.05) is 78.5 Å². The summed E-state index contributed by atoms with van der Waals surface area (Å²) >= 11 is 1.90. The zero-order chi connectivity index (χ0) is 51.0. The van der Waals surface area contributed by atoms with E-state index in [0.29, 0.717) is 34.1 Å². The fourth-order valence-electron chi connectivity index (χ4n) is 7.89. The van der Waals surface area contributed by atoms with Gasteiger partial charge >= 0.3 is 29.8 Å². The topological polar surface area (TPSA) is 324 Å². The summed E-state index contributed by atoms with van der Waals surface area (Å²) in [6.07, 6.45) is -0.322. The summed E-state index contributed by atoms with van der Waals surface area (Å²) in [7, 11) is 0. The van der Waals surface area contributed by atoms with Gasteiger partial charge in [-0.25, -0.2) is 4.79 Å². The van der Waals surface area contributed by atoms with Crippen molar-refractivity contribution in [3.63, 3.8) is 0 Å². The summed E-state index contributed by atoms with van der Waals surface area (Å²) < 4.78 is 0.456. The Morgan fingerprint density at radius 2 is 1.19 bits per heavy atom. The van der Waals surface area contributed by atoms with E-state index in [1.54, 1.807) is 47.4 Å². The number of carbonyl (C=O) groups excluding carboxylic acids is 4. The molecule has 1 heterocycles. The number of phenols is 1. The molecule has 0 saturated carbocycles. The molecule has 0 radical (unpaired) electrons. The second kappa shape index (κ2) is 30.0. The largest absolute Gasteiger partial charge is 0.507 e. The van der Waals surface area contributed by atoms with Crippen LogP contribution in [-0.2, 0) is 56.0 Å². The van der Waals surface area contributed by atoms with E-state index in [1.807, 2.05) is 22.6 Å². The number of carboxylic acids is 5. The molecule has 0 spiro atoms. The van der Waals surface area contributed by atoms with Crippen molar-refractivity contribution in [1.29, 1.82) is 0 Å². The number of halogens is 1. The molecule has 0 bridgehead atoms. The van der Waals surface area contributed by atoms with Crippen LogP contribution in [0.1, 0.15) is 56.6 Å². The van der Waals surface area contributed by atoms with Gasteiger partial charge in [0.05, 0.1) is 29.2 Å². The van der Waals surface area contributed by atoms with Gasteiger partial charge in [-0.15, -0.1) is 0 Å². The summed E-state index contributed by atoms with van der Waals surface area (Å²) in [5, 5.41) is 67.3. The second-order valence-electron chi connectivity index (χ2n) is 17.0. The molecule has 3 amide bonds. The van der Waals surface area contributed by atoms with Gasteiger partial charge in [0.2, 0.25) is 17.7 Å². The number of ketones is 1. The zero-order valence-corrected chi connectivity index (χ0v) is 40.8. The molecular formula is C46H64IN7O15. The Bertz CT molecular complexity index is 2050. The second-order valence-corrected chi connectivity index (χ2v) is 18.1. The molecule has 0 aliphatic carbocycles. The summed E-state index contributed by atoms with van der Waals surface area (Å²) in [5.41, 5.74) is 1.22. The molecule has 23 heteroatoms. The lowest BCUT2D eigenvalue weighted by Crippen LogP contribution is -2.52. The molecule has 2 aromatic carbocycles. The lowest BCUT2D eigenvalue weighted by molar-refractivity contribution is -0.145. The van der Waals surface area contributed by atoms with Crippen molar-refractivity contribution in [3.05, 3.63) is 63.2 Å². The number of amides is 3. The van der Waals surface area contributed by atoms with Gasteiger partial charge in [0, 0.05) is 84.6 Å². The van der Waals surface area contributed by atoms with Crippen LogP contribution in [0.5, 0.6) is 5.75 Å². The van der Waals surface area contributed by atoms with E-state index < -0.39 is 97.4 Å². The normalized spacial score (nSPS) is 16.3. The number of rotatable bonds is 27. The molecule has 380 valence electrons. The van der Waals surface area contributed by atoms with Crippen LogP contribution in [0.3, 0.4) is 0 Å². The molecule has 4 atom stereocenters. The van der Waals surface area contributed by atoms with E-state index in [9.17, 15) is 73.8 Å². The minimum absolute atomic E-state index is 0.0169. The van der Waals surface area contributed by atoms with Gasteiger partial charge in [0.15, 0.2) is 5.78 Å². The highest BCUT2D eigenvalue weighted by molar-refractivity contribution is 14.1. The molecule has 69 heavy (non-hydrogen) atoms. The average molecular weight is 1080 g/mol. The third-order valence-electron chi connectivity index (χ3n) is 11.5. The summed E-state index contributed by atoms with van der Waals surface area (Å²) in [5.74, 6) is -9.39. The Balaban J connectivity index is 1.88. The van der Waals surface area contributed by atoms with Crippen LogP contribution in [0.15, 0.2) is 48.5 Å². The maximum absolute atomic E-state index is 14.4. The number of carbonyl (C=O) groups is 9. The van der Waals surface area contributed by atoms with Gasteiger partial charge in [0.25, 0.3) is 0 Å². The molecular weight excluding hydrogens is 1020 g/mol. The predicted octanol–water partition coefficient (Wildman–Crippen LogP) is 0.427. The van der Waals surface area contributed by atoms with Crippen LogP contribution >= 0.6 is 22.6 Å². The molecule has 22 nitrogen and oxygen atoms in total. The lowest BCUT2D eigenvalue weighted by atomic mass is 9.89. The Kier molecular flexibility index (Phi) is 25.0. The van der Waals surface area contributed by atoms with Crippen molar-refractivity contribution in [2.45, 2.75) is 76.4 Å². The third-order valence-corrected chi connectivity index (χ3v) is 12.4. The number of nitrogens with zero attached hydrogens (tertiary/aromatic N) is 4. The van der Waals surface area contributed by atoms with E-state index in [2.05, 4.69) is 16.0 Å². The molecule has 1 aliphatic rings. The van der Waals surface area contributed by atoms with E-state index in [0.717, 1.165) is 0 Å². The number of unbranched alkanes of at least 4 members (excludes halogenated alkanes) is 1. The van der Waals surface area contributed by atoms with Crippen LogP contribution in [0.2, 0.25) is 0 Å². The van der Waals surface area contributed by atoms with Gasteiger partial charge < -0.3 is 46.6 Å². The van der Waals surface area contributed by atoms with Crippen LogP contribution < -0.4 is 16.0 Å². The Hall–Kier alpha value is -5.76. The minimum atomic E-state index is -1.33. The number of nitrogens with one attached hydrogen (secondary N) is 3. The quantitative estimate of drug-likeness (QED) is 0.0433.